The number of ether oxygens (including phenoxy) is 1. The first-order chi connectivity index (χ1) is 28.3. The van der Waals surface area contributed by atoms with E-state index < -0.39 is 7.14 Å². The standard InChI is InChI=1S/C55H53N2O2P/c1-52(2,3)34-25-43-49-44(26-34)57(38-22-23-40-39-18-14-15-19-41(39)55(10,11)42(40)31-38)46-28-36(54(7,8)9)30-48-51(46)60(49,58)50-45(27-35(53(4,5)6)29-47(50)59-48)56(43)37-21-20-32-16-12-13-17-33(32)24-37/h12-31H,1-11H3. The molecule has 4 nitrogen and oxygen atoms in total. The maximum absolute atomic E-state index is 17.4. The van der Waals surface area contributed by atoms with Crippen LogP contribution in [0.3, 0.4) is 0 Å². The molecular weight excluding hydrogens is 752 g/mol. The van der Waals surface area contributed by atoms with E-state index >= 15 is 4.57 Å². The quantitative estimate of drug-likeness (QED) is 0.163. The average Bonchev–Trinajstić information content (AvgIpc) is 3.41. The summed E-state index contributed by atoms with van der Waals surface area (Å²) in [5.74, 6) is 1.39. The molecule has 1 aliphatic carbocycles. The highest BCUT2D eigenvalue weighted by atomic mass is 31.2. The van der Waals surface area contributed by atoms with Crippen LogP contribution in [0.4, 0.5) is 34.1 Å². The Morgan fingerprint density at radius 2 is 0.917 bits per heavy atom. The van der Waals surface area contributed by atoms with Crippen molar-refractivity contribution < 1.29 is 9.30 Å². The highest BCUT2D eigenvalue weighted by Gasteiger charge is 2.55. The van der Waals surface area contributed by atoms with E-state index in [1.807, 2.05) is 0 Å². The first-order valence-corrected chi connectivity index (χ1v) is 23.2. The van der Waals surface area contributed by atoms with Gasteiger partial charge in [-0.25, -0.2) is 0 Å². The lowest BCUT2D eigenvalue weighted by atomic mass is 9.82. The van der Waals surface area contributed by atoms with Gasteiger partial charge in [0.25, 0.3) is 0 Å². The van der Waals surface area contributed by atoms with E-state index in [0.29, 0.717) is 11.5 Å². The molecular formula is C55H53N2O2P. The minimum atomic E-state index is -3.56. The predicted octanol–water partition coefficient (Wildman–Crippen LogP) is 14.4. The van der Waals surface area contributed by atoms with Crippen LogP contribution in [-0.2, 0) is 26.2 Å². The Labute approximate surface area is 355 Å². The number of hydrogen-bond donors (Lipinski definition) is 0. The normalized spacial score (nSPS) is 17.9. The summed E-state index contributed by atoms with van der Waals surface area (Å²) in [6.07, 6.45) is 0. The maximum atomic E-state index is 17.4. The summed E-state index contributed by atoms with van der Waals surface area (Å²) in [5, 5.41) is 4.82. The Bertz CT molecular complexity index is 3100. The van der Waals surface area contributed by atoms with Crippen molar-refractivity contribution in [3.05, 3.63) is 149 Å². The molecule has 0 amide bonds. The largest absolute Gasteiger partial charge is 0.456 e. The summed E-state index contributed by atoms with van der Waals surface area (Å²) in [4.78, 5) is 4.83. The van der Waals surface area contributed by atoms with Gasteiger partial charge >= 0.3 is 0 Å². The molecule has 11 rings (SSSR count). The van der Waals surface area contributed by atoms with E-state index in [4.69, 9.17) is 4.74 Å². The molecule has 0 N–H and O–H groups in total. The summed E-state index contributed by atoms with van der Waals surface area (Å²) in [6.45, 7) is 25.1. The summed E-state index contributed by atoms with van der Waals surface area (Å²) < 4.78 is 24.6. The van der Waals surface area contributed by atoms with Crippen LogP contribution in [0.5, 0.6) is 11.5 Å². The number of hydrogen-bond acceptors (Lipinski definition) is 4. The maximum Gasteiger partial charge on any atom is 0.186 e. The molecule has 0 saturated heterocycles. The summed E-state index contributed by atoms with van der Waals surface area (Å²) >= 11 is 0. The van der Waals surface area contributed by atoms with Crippen molar-refractivity contribution in [2.75, 3.05) is 9.80 Å². The van der Waals surface area contributed by atoms with Gasteiger partial charge in [0.2, 0.25) is 0 Å². The van der Waals surface area contributed by atoms with Crippen molar-refractivity contribution in [3.8, 4) is 22.6 Å². The third-order valence-corrected chi connectivity index (χ3v) is 17.0. The fourth-order valence-electron chi connectivity index (χ4n) is 10.3. The minimum absolute atomic E-state index is 0.193. The number of anilines is 6. The third-order valence-electron chi connectivity index (χ3n) is 13.7. The molecule has 0 aromatic heterocycles. The molecule has 0 spiro atoms. The van der Waals surface area contributed by atoms with Gasteiger partial charge in [0.05, 0.1) is 38.7 Å². The monoisotopic (exact) mass is 804 g/mol. The van der Waals surface area contributed by atoms with Crippen LogP contribution >= 0.6 is 7.14 Å². The number of nitrogens with zero attached hydrogens (tertiary/aromatic N) is 2. The van der Waals surface area contributed by atoms with Crippen LogP contribution in [0.15, 0.2) is 121 Å². The minimum Gasteiger partial charge on any atom is -0.456 e. The van der Waals surface area contributed by atoms with Crippen molar-refractivity contribution >= 4 is 68.0 Å². The molecule has 1 unspecified atom stereocenters. The first kappa shape index (κ1) is 37.4. The molecule has 0 bridgehead atoms. The second kappa shape index (κ2) is 11.8. The van der Waals surface area contributed by atoms with Crippen molar-refractivity contribution in [2.24, 2.45) is 0 Å². The lowest BCUT2D eigenvalue weighted by molar-refractivity contribution is 0.477. The van der Waals surface area contributed by atoms with Crippen molar-refractivity contribution in [3.63, 3.8) is 0 Å². The summed E-state index contributed by atoms with van der Waals surface area (Å²) in [5.41, 5.74) is 13.8. The van der Waals surface area contributed by atoms with Crippen LogP contribution < -0.4 is 30.5 Å². The van der Waals surface area contributed by atoms with Crippen molar-refractivity contribution in [1.82, 2.24) is 0 Å². The SMILES string of the molecule is CC(C)(C)c1cc2c3c(c1)N(c1ccc4c(c1)C(C)(C)c1ccccc1-4)c1cc(C(C)(C)C)cc4c1P3(=O)c1c(cc(C(C)(C)C)cc1N4c1ccc3ccccc3c1)O2. The Morgan fingerprint density at radius 3 is 1.48 bits per heavy atom. The van der Waals surface area contributed by atoms with E-state index in [1.54, 1.807) is 0 Å². The van der Waals surface area contributed by atoms with Crippen LogP contribution in [0, 0.1) is 0 Å². The summed E-state index contributed by atoms with van der Waals surface area (Å²) in [7, 11) is -3.56. The topological polar surface area (TPSA) is 32.8 Å². The fourth-order valence-corrected chi connectivity index (χ4v) is 13.8. The third kappa shape index (κ3) is 5.01. The van der Waals surface area contributed by atoms with Gasteiger partial charge in [0.1, 0.15) is 11.5 Å². The van der Waals surface area contributed by atoms with E-state index in [-0.39, 0.29) is 21.7 Å². The van der Waals surface area contributed by atoms with Crippen molar-refractivity contribution in [1.29, 1.82) is 0 Å². The second-order valence-electron chi connectivity index (χ2n) is 21.1. The molecule has 0 saturated carbocycles. The number of fused-ring (bicyclic) bond motifs is 4. The first-order valence-electron chi connectivity index (χ1n) is 21.4. The van der Waals surface area contributed by atoms with Crippen LogP contribution in [0.2, 0.25) is 0 Å². The van der Waals surface area contributed by atoms with Gasteiger partial charge in [0.15, 0.2) is 7.14 Å². The van der Waals surface area contributed by atoms with Gasteiger partial charge in [-0.2, -0.15) is 0 Å². The van der Waals surface area contributed by atoms with Gasteiger partial charge in [-0.1, -0.05) is 137 Å². The lowest BCUT2D eigenvalue weighted by Gasteiger charge is -2.48. The lowest BCUT2D eigenvalue weighted by Crippen LogP contribution is -2.46. The summed E-state index contributed by atoms with van der Waals surface area (Å²) in [6, 6.07) is 44.7. The smallest absolute Gasteiger partial charge is 0.186 e. The highest BCUT2D eigenvalue weighted by molar-refractivity contribution is 7.87. The fraction of sp³-hybridized carbons (Fsp3) is 0.273. The Balaban J connectivity index is 1.30. The Kier molecular flexibility index (Phi) is 7.38. The van der Waals surface area contributed by atoms with Crippen LogP contribution in [0.1, 0.15) is 104 Å². The molecule has 1 atom stereocenters. The molecule has 7 aromatic rings. The van der Waals surface area contributed by atoms with E-state index in [0.717, 1.165) is 66.6 Å². The van der Waals surface area contributed by atoms with Gasteiger partial charge in [-0.3, -0.25) is 0 Å². The van der Waals surface area contributed by atoms with Crippen LogP contribution in [-0.4, -0.2) is 0 Å². The highest BCUT2D eigenvalue weighted by Crippen LogP contribution is 2.67. The zero-order valence-corrected chi connectivity index (χ0v) is 37.6. The number of rotatable bonds is 2. The van der Waals surface area contributed by atoms with Gasteiger partial charge < -0.3 is 19.1 Å². The zero-order valence-electron chi connectivity index (χ0n) is 36.7. The van der Waals surface area contributed by atoms with Gasteiger partial charge in [0, 0.05) is 16.8 Å². The molecule has 60 heavy (non-hydrogen) atoms. The molecule has 0 fully saturated rings. The van der Waals surface area contributed by atoms with Gasteiger partial charge in [-0.15, -0.1) is 0 Å². The second-order valence-corrected chi connectivity index (χ2v) is 23.7. The Hall–Kier alpha value is -5.57. The molecule has 7 aromatic carbocycles. The molecule has 300 valence electrons. The predicted molar refractivity (Wildman–Crippen MR) is 254 cm³/mol. The van der Waals surface area contributed by atoms with E-state index in [9.17, 15) is 0 Å². The number of benzene rings is 7. The molecule has 0 radical (unpaired) electrons. The average molecular weight is 805 g/mol. The van der Waals surface area contributed by atoms with E-state index in [1.165, 1.54) is 33.2 Å². The zero-order chi connectivity index (χ0) is 42.1. The van der Waals surface area contributed by atoms with Crippen molar-refractivity contribution in [2.45, 2.75) is 97.8 Å². The molecule has 4 aliphatic rings. The molecule has 3 aliphatic heterocycles. The Morgan fingerprint density at radius 1 is 0.467 bits per heavy atom. The van der Waals surface area contributed by atoms with Crippen LogP contribution in [0.25, 0.3) is 21.9 Å². The van der Waals surface area contributed by atoms with Gasteiger partial charge in [-0.05, 0) is 127 Å². The molecule has 5 heteroatoms. The van der Waals surface area contributed by atoms with E-state index in [2.05, 4.69) is 207 Å². The molecule has 3 heterocycles.